The normalized spacial score (nSPS) is 10.6. The molecule has 0 N–H and O–H groups in total. The smallest absolute Gasteiger partial charge is 0.258 e. The van der Waals surface area contributed by atoms with Gasteiger partial charge in [-0.05, 0) is 22.6 Å². The summed E-state index contributed by atoms with van der Waals surface area (Å²) in [4.78, 5) is 13.0. The van der Waals surface area contributed by atoms with E-state index in [9.17, 15) is 18.9 Å². The van der Waals surface area contributed by atoms with Gasteiger partial charge in [0.2, 0.25) is 0 Å². The van der Waals surface area contributed by atoms with Gasteiger partial charge in [-0.1, -0.05) is 11.6 Å². The van der Waals surface area contributed by atoms with E-state index in [1.165, 1.54) is 0 Å². The van der Waals surface area contributed by atoms with Crippen LogP contribution in [0.15, 0.2) is 6.20 Å². The Balaban J connectivity index is 3.41. The van der Waals surface area contributed by atoms with E-state index >= 15 is 0 Å². The van der Waals surface area contributed by atoms with Crippen LogP contribution in [0.5, 0.6) is 0 Å². The second-order valence-electron chi connectivity index (χ2n) is 2.21. The fraction of sp³-hybridized carbons (Fsp3) is 0.167. The molecule has 1 rings (SSSR count). The van der Waals surface area contributed by atoms with Crippen molar-refractivity contribution in [3.8, 4) is 0 Å². The largest absolute Gasteiger partial charge is 0.304 e. The molecule has 0 atom stereocenters. The van der Waals surface area contributed by atoms with Crippen LogP contribution in [-0.4, -0.2) is 9.91 Å². The maximum absolute atomic E-state index is 12.2. The Kier molecular flexibility index (Phi) is 3.53. The van der Waals surface area contributed by atoms with Crippen molar-refractivity contribution in [3.05, 3.63) is 30.6 Å². The number of hydrogen-bond donors (Lipinski definition) is 0. The van der Waals surface area contributed by atoms with Gasteiger partial charge >= 0.3 is 5.69 Å². The molecule has 8 heteroatoms. The van der Waals surface area contributed by atoms with E-state index in [-0.39, 0.29) is 3.57 Å². The van der Waals surface area contributed by atoms with Crippen LogP contribution in [0.4, 0.5) is 14.5 Å². The molecular formula is C6H2ClF2IN2O2. The minimum Gasteiger partial charge on any atom is -0.258 e. The van der Waals surface area contributed by atoms with Crippen molar-refractivity contribution in [1.82, 2.24) is 4.98 Å². The Bertz CT molecular complexity index is 388. The molecular weight excluding hydrogens is 332 g/mol. The van der Waals surface area contributed by atoms with Gasteiger partial charge in [0.15, 0.2) is 0 Å². The highest BCUT2D eigenvalue weighted by Crippen LogP contribution is 2.35. The summed E-state index contributed by atoms with van der Waals surface area (Å²) in [7, 11) is 0. The number of halogens is 4. The quantitative estimate of drug-likeness (QED) is 0.474. The molecule has 14 heavy (non-hydrogen) atoms. The number of nitro groups is 1. The summed E-state index contributed by atoms with van der Waals surface area (Å²) in [6, 6.07) is 0. The molecule has 4 nitrogen and oxygen atoms in total. The molecule has 0 aromatic carbocycles. The van der Waals surface area contributed by atoms with Gasteiger partial charge in [0.1, 0.15) is 14.3 Å². The molecule has 1 aromatic heterocycles. The van der Waals surface area contributed by atoms with Gasteiger partial charge < -0.3 is 0 Å². The first-order valence-electron chi connectivity index (χ1n) is 3.21. The monoisotopic (exact) mass is 334 g/mol. The zero-order chi connectivity index (χ0) is 10.9. The number of hydrogen-bond acceptors (Lipinski definition) is 3. The highest BCUT2D eigenvalue weighted by molar-refractivity contribution is 14.1. The third-order valence-corrected chi connectivity index (χ3v) is 2.53. The number of pyridine rings is 1. The average molecular weight is 334 g/mol. The van der Waals surface area contributed by atoms with E-state index in [1.807, 2.05) is 0 Å². The standard InChI is InChI=1S/C6H2ClF2IN2O2/c7-3-4(6(8)9)11-1-2(10)5(3)12(13)14/h1,6H. The maximum atomic E-state index is 12.2. The summed E-state index contributed by atoms with van der Waals surface area (Å²) in [5.41, 5.74) is -1.30. The third kappa shape index (κ3) is 2.08. The zero-order valence-corrected chi connectivity index (χ0v) is 9.29. The minimum absolute atomic E-state index is 0.127. The molecule has 0 aliphatic heterocycles. The number of aromatic nitrogens is 1. The first-order valence-corrected chi connectivity index (χ1v) is 4.67. The van der Waals surface area contributed by atoms with Crippen LogP contribution in [0.1, 0.15) is 12.1 Å². The van der Waals surface area contributed by atoms with E-state index in [0.29, 0.717) is 0 Å². The second-order valence-corrected chi connectivity index (χ2v) is 3.75. The lowest BCUT2D eigenvalue weighted by molar-refractivity contribution is -0.385. The van der Waals surface area contributed by atoms with Gasteiger partial charge in [0.25, 0.3) is 6.43 Å². The molecule has 0 spiro atoms. The highest BCUT2D eigenvalue weighted by Gasteiger charge is 2.25. The van der Waals surface area contributed by atoms with Crippen LogP contribution in [0, 0.1) is 13.7 Å². The van der Waals surface area contributed by atoms with Crippen molar-refractivity contribution < 1.29 is 13.7 Å². The van der Waals surface area contributed by atoms with Gasteiger partial charge in [0, 0.05) is 6.20 Å². The van der Waals surface area contributed by atoms with E-state index in [0.717, 1.165) is 6.20 Å². The molecule has 0 radical (unpaired) electrons. The first-order chi connectivity index (χ1) is 6.45. The summed E-state index contributed by atoms with van der Waals surface area (Å²) in [6.07, 6.45) is -1.93. The maximum Gasteiger partial charge on any atom is 0.304 e. The molecule has 1 heterocycles. The fourth-order valence-corrected chi connectivity index (χ4v) is 1.86. The van der Waals surface area contributed by atoms with Gasteiger partial charge in [-0.25, -0.2) is 8.78 Å². The SMILES string of the molecule is O=[N+]([O-])c1c(I)cnc(C(F)F)c1Cl. The number of nitrogens with zero attached hydrogens (tertiary/aromatic N) is 2. The Hall–Kier alpha value is -0.570. The van der Waals surface area contributed by atoms with Crippen LogP contribution in [0.3, 0.4) is 0 Å². The summed E-state index contributed by atoms with van der Waals surface area (Å²) in [5, 5.41) is 9.86. The van der Waals surface area contributed by atoms with Crippen LogP contribution in [0.25, 0.3) is 0 Å². The molecule has 1 aromatic rings. The molecule has 0 saturated heterocycles. The average Bonchev–Trinajstić information content (AvgIpc) is 2.02. The number of rotatable bonds is 2. The Morgan fingerprint density at radius 2 is 2.21 bits per heavy atom. The lowest BCUT2D eigenvalue weighted by Gasteiger charge is -2.03. The predicted octanol–water partition coefficient (Wildman–Crippen LogP) is 3.19. The molecule has 0 amide bonds. The number of alkyl halides is 2. The van der Waals surface area contributed by atoms with Crippen LogP contribution in [0.2, 0.25) is 5.02 Å². The lowest BCUT2D eigenvalue weighted by atomic mass is 10.3. The summed E-state index contributed by atoms with van der Waals surface area (Å²) in [5.74, 6) is 0. The first kappa shape index (κ1) is 11.5. The van der Waals surface area contributed by atoms with Crippen molar-refractivity contribution in [2.45, 2.75) is 6.43 Å². The molecule has 0 bridgehead atoms. The highest BCUT2D eigenvalue weighted by atomic mass is 127. The molecule has 0 unspecified atom stereocenters. The summed E-state index contributed by atoms with van der Waals surface area (Å²) >= 11 is 7.02. The van der Waals surface area contributed by atoms with Crippen LogP contribution in [-0.2, 0) is 0 Å². The van der Waals surface area contributed by atoms with Crippen molar-refractivity contribution in [3.63, 3.8) is 0 Å². The zero-order valence-electron chi connectivity index (χ0n) is 6.38. The van der Waals surface area contributed by atoms with Gasteiger partial charge in [-0.15, -0.1) is 0 Å². The molecule has 76 valence electrons. The minimum atomic E-state index is -2.92. The van der Waals surface area contributed by atoms with E-state index < -0.39 is 27.8 Å². The van der Waals surface area contributed by atoms with Gasteiger partial charge in [0.05, 0.1) is 4.92 Å². The Morgan fingerprint density at radius 3 is 2.64 bits per heavy atom. The molecule has 0 aliphatic carbocycles. The Labute approximate surface area is 95.6 Å². The van der Waals surface area contributed by atoms with Crippen molar-refractivity contribution in [2.75, 3.05) is 0 Å². The second kappa shape index (κ2) is 4.30. The summed E-state index contributed by atoms with van der Waals surface area (Å²) in [6.45, 7) is 0. The van der Waals surface area contributed by atoms with Gasteiger partial charge in [-0.2, -0.15) is 0 Å². The van der Waals surface area contributed by atoms with Crippen molar-refractivity contribution in [2.24, 2.45) is 0 Å². The third-order valence-electron chi connectivity index (χ3n) is 1.37. The Morgan fingerprint density at radius 1 is 1.64 bits per heavy atom. The summed E-state index contributed by atoms with van der Waals surface area (Å²) < 4.78 is 24.6. The lowest BCUT2D eigenvalue weighted by Crippen LogP contribution is -1.99. The van der Waals surface area contributed by atoms with E-state index in [2.05, 4.69) is 4.98 Å². The fourth-order valence-electron chi connectivity index (χ4n) is 0.790. The van der Waals surface area contributed by atoms with E-state index in [1.54, 1.807) is 22.6 Å². The molecule has 0 fully saturated rings. The predicted molar refractivity (Wildman–Crippen MR) is 53.6 cm³/mol. The van der Waals surface area contributed by atoms with Gasteiger partial charge in [-0.3, -0.25) is 15.1 Å². The van der Waals surface area contributed by atoms with Crippen LogP contribution < -0.4 is 0 Å². The topological polar surface area (TPSA) is 56.0 Å². The van der Waals surface area contributed by atoms with Crippen molar-refractivity contribution >= 4 is 39.9 Å². The van der Waals surface area contributed by atoms with Crippen LogP contribution >= 0.6 is 34.2 Å². The van der Waals surface area contributed by atoms with E-state index in [4.69, 9.17) is 11.6 Å². The molecule has 0 saturated carbocycles. The molecule has 0 aliphatic rings. The van der Waals surface area contributed by atoms with Crippen molar-refractivity contribution in [1.29, 1.82) is 0 Å².